The van der Waals surface area contributed by atoms with Gasteiger partial charge in [-0.25, -0.2) is 0 Å². The van der Waals surface area contributed by atoms with E-state index in [1.807, 2.05) is 6.07 Å². The van der Waals surface area contributed by atoms with Crippen LogP contribution in [0.1, 0.15) is 10.8 Å². The number of aromatic nitrogens is 1. The van der Waals surface area contributed by atoms with Crippen LogP contribution in [0.25, 0.3) is 10.9 Å². The van der Waals surface area contributed by atoms with Crippen molar-refractivity contribution in [2.24, 2.45) is 5.73 Å². The van der Waals surface area contributed by atoms with E-state index in [0.717, 1.165) is 9.50 Å². The molecule has 3 rings (SSSR count). The van der Waals surface area contributed by atoms with Crippen LogP contribution < -0.4 is 5.73 Å². The topological polar surface area (TPSA) is 41.8 Å². The van der Waals surface area contributed by atoms with E-state index in [9.17, 15) is 0 Å². The summed E-state index contributed by atoms with van der Waals surface area (Å²) in [6, 6.07) is 18.9. The highest BCUT2D eigenvalue weighted by molar-refractivity contribution is 9.10. The highest BCUT2D eigenvalue weighted by atomic mass is 79.9. The molecule has 1 heterocycles. The molecule has 102 valence electrons. The molecule has 0 aliphatic heterocycles. The fourth-order valence-corrected chi connectivity index (χ4v) is 3.52. The van der Waals surface area contributed by atoms with E-state index in [4.69, 9.17) is 5.73 Å². The first-order valence-corrected chi connectivity index (χ1v) is 8.13. The van der Waals surface area contributed by atoms with Crippen molar-refractivity contribution in [3.05, 3.63) is 64.6 Å². The number of halogens is 1. The zero-order chi connectivity index (χ0) is 13.9. The first-order valence-electron chi connectivity index (χ1n) is 6.46. The zero-order valence-electron chi connectivity index (χ0n) is 10.8. The Bertz CT molecular complexity index is 673. The third kappa shape index (κ3) is 2.92. The molecule has 0 amide bonds. The minimum absolute atomic E-state index is 0.260. The van der Waals surface area contributed by atoms with Gasteiger partial charge in [0.25, 0.3) is 0 Å². The number of nitrogens with one attached hydrogen (secondary N) is 1. The molecule has 4 heteroatoms. The summed E-state index contributed by atoms with van der Waals surface area (Å²) in [5, 5.41) is 2.65. The maximum Gasteiger partial charge on any atom is 0.0738 e. The van der Waals surface area contributed by atoms with Gasteiger partial charge >= 0.3 is 0 Å². The van der Waals surface area contributed by atoms with Crippen molar-refractivity contribution < 1.29 is 0 Å². The van der Waals surface area contributed by atoms with Crippen molar-refractivity contribution >= 4 is 38.6 Å². The smallest absolute Gasteiger partial charge is 0.0738 e. The van der Waals surface area contributed by atoms with Crippen LogP contribution in [-0.2, 0) is 0 Å². The van der Waals surface area contributed by atoms with Crippen LogP contribution in [0.2, 0.25) is 0 Å². The minimum Gasteiger partial charge on any atom is -0.350 e. The van der Waals surface area contributed by atoms with Gasteiger partial charge in [-0.3, -0.25) is 0 Å². The minimum atomic E-state index is 0.260. The van der Waals surface area contributed by atoms with Crippen molar-refractivity contribution in [2.45, 2.75) is 10.3 Å². The van der Waals surface area contributed by atoms with E-state index < -0.39 is 0 Å². The number of aromatic amines is 1. The van der Waals surface area contributed by atoms with E-state index >= 15 is 0 Å². The molecule has 2 nitrogen and oxygen atoms in total. The molecular weight excluding hydrogens is 332 g/mol. The lowest BCUT2D eigenvalue weighted by Crippen LogP contribution is -2.09. The molecule has 0 aliphatic rings. The average molecular weight is 347 g/mol. The number of thioether (sulfide) groups is 1. The highest BCUT2D eigenvalue weighted by Gasteiger charge is 2.12. The van der Waals surface area contributed by atoms with Crippen molar-refractivity contribution in [3.63, 3.8) is 0 Å². The van der Waals surface area contributed by atoms with Gasteiger partial charge in [0, 0.05) is 27.2 Å². The number of hydrogen-bond donors (Lipinski definition) is 2. The number of rotatable bonds is 4. The lowest BCUT2D eigenvalue weighted by atomic mass is 10.1. The fourth-order valence-electron chi connectivity index (χ4n) is 2.19. The summed E-state index contributed by atoms with van der Waals surface area (Å²) in [5.74, 6) is 0. The molecule has 1 unspecified atom stereocenters. The molecule has 0 saturated heterocycles. The molecule has 0 saturated carbocycles. The average Bonchev–Trinajstić information content (AvgIpc) is 2.88. The standard InChI is InChI=1S/C16H15BrN2S/c17-13-7-5-11(6-8-13)15(10-18)20-16-9-12-3-1-2-4-14(12)19-16/h1-9,15,19H,10,18H2. The van der Waals surface area contributed by atoms with E-state index in [1.165, 1.54) is 16.5 Å². The van der Waals surface area contributed by atoms with Gasteiger partial charge < -0.3 is 10.7 Å². The van der Waals surface area contributed by atoms with Gasteiger partial charge in [-0.1, -0.05) is 58.0 Å². The number of para-hydroxylation sites is 1. The zero-order valence-corrected chi connectivity index (χ0v) is 13.2. The molecule has 0 bridgehead atoms. The van der Waals surface area contributed by atoms with E-state index in [1.54, 1.807) is 11.8 Å². The van der Waals surface area contributed by atoms with E-state index in [-0.39, 0.29) is 5.25 Å². The van der Waals surface area contributed by atoms with E-state index in [0.29, 0.717) is 6.54 Å². The quantitative estimate of drug-likeness (QED) is 0.671. The highest BCUT2D eigenvalue weighted by Crippen LogP contribution is 2.35. The molecule has 20 heavy (non-hydrogen) atoms. The summed E-state index contributed by atoms with van der Waals surface area (Å²) < 4.78 is 1.09. The van der Waals surface area contributed by atoms with Crippen molar-refractivity contribution in [3.8, 4) is 0 Å². The molecule has 3 N–H and O–H groups in total. The molecular formula is C16H15BrN2S. The second kappa shape index (κ2) is 6.04. The number of hydrogen-bond acceptors (Lipinski definition) is 2. The van der Waals surface area contributed by atoms with Crippen molar-refractivity contribution in [1.29, 1.82) is 0 Å². The SMILES string of the molecule is NCC(Sc1cc2ccccc2[nH]1)c1ccc(Br)cc1. The predicted molar refractivity (Wildman–Crippen MR) is 90.1 cm³/mol. The van der Waals surface area contributed by atoms with Gasteiger partial charge in [-0.15, -0.1) is 0 Å². The molecule has 3 aromatic rings. The van der Waals surface area contributed by atoms with Gasteiger partial charge in [0.1, 0.15) is 0 Å². The lowest BCUT2D eigenvalue weighted by molar-refractivity contribution is 0.937. The third-order valence-electron chi connectivity index (χ3n) is 3.23. The van der Waals surface area contributed by atoms with E-state index in [2.05, 4.69) is 69.4 Å². The summed E-state index contributed by atoms with van der Waals surface area (Å²) in [4.78, 5) is 3.44. The summed E-state index contributed by atoms with van der Waals surface area (Å²) in [6.45, 7) is 0.613. The molecule has 1 atom stereocenters. The number of H-pyrrole nitrogens is 1. The maximum atomic E-state index is 5.94. The Kier molecular flexibility index (Phi) is 4.15. The second-order valence-corrected chi connectivity index (χ2v) is 6.77. The van der Waals surface area contributed by atoms with Gasteiger partial charge in [-0.05, 0) is 29.8 Å². The van der Waals surface area contributed by atoms with Gasteiger partial charge in [0.2, 0.25) is 0 Å². The van der Waals surface area contributed by atoms with Crippen molar-refractivity contribution in [2.75, 3.05) is 6.54 Å². The third-order valence-corrected chi connectivity index (χ3v) is 4.98. The number of nitrogens with two attached hydrogens (primary N) is 1. The Hall–Kier alpha value is -1.23. The normalized spacial score (nSPS) is 12.7. The Labute approximate surface area is 130 Å². The number of benzene rings is 2. The van der Waals surface area contributed by atoms with Crippen LogP contribution in [0, 0.1) is 0 Å². The van der Waals surface area contributed by atoms with Crippen LogP contribution in [0.15, 0.2) is 64.1 Å². The molecule has 1 aromatic heterocycles. The molecule has 2 aromatic carbocycles. The van der Waals surface area contributed by atoms with Crippen LogP contribution in [0.3, 0.4) is 0 Å². The summed E-state index contributed by atoms with van der Waals surface area (Å²) >= 11 is 5.24. The summed E-state index contributed by atoms with van der Waals surface area (Å²) in [7, 11) is 0. The van der Waals surface area contributed by atoms with Crippen LogP contribution in [-0.4, -0.2) is 11.5 Å². The maximum absolute atomic E-state index is 5.94. The fraction of sp³-hybridized carbons (Fsp3) is 0.125. The van der Waals surface area contributed by atoms with Crippen LogP contribution >= 0.6 is 27.7 Å². The Balaban J connectivity index is 1.85. The lowest BCUT2D eigenvalue weighted by Gasteiger charge is -2.13. The monoisotopic (exact) mass is 346 g/mol. The summed E-state index contributed by atoms with van der Waals surface area (Å²) in [6.07, 6.45) is 0. The molecule has 0 aliphatic carbocycles. The van der Waals surface area contributed by atoms with Gasteiger partial charge in [-0.2, -0.15) is 0 Å². The Morgan fingerprint density at radius 3 is 2.55 bits per heavy atom. The predicted octanol–water partition coefficient (Wildman–Crippen LogP) is 4.72. The van der Waals surface area contributed by atoms with Crippen LogP contribution in [0.5, 0.6) is 0 Å². The summed E-state index contributed by atoms with van der Waals surface area (Å²) in [5.41, 5.74) is 8.36. The largest absolute Gasteiger partial charge is 0.350 e. The van der Waals surface area contributed by atoms with Crippen LogP contribution in [0.4, 0.5) is 0 Å². The van der Waals surface area contributed by atoms with Gasteiger partial charge in [0.15, 0.2) is 0 Å². The number of fused-ring (bicyclic) bond motifs is 1. The first kappa shape index (κ1) is 13.7. The van der Waals surface area contributed by atoms with Gasteiger partial charge in [0.05, 0.1) is 5.03 Å². The molecule has 0 spiro atoms. The second-order valence-electron chi connectivity index (χ2n) is 4.61. The Morgan fingerprint density at radius 1 is 1.10 bits per heavy atom. The molecule has 0 fully saturated rings. The van der Waals surface area contributed by atoms with Crippen molar-refractivity contribution in [1.82, 2.24) is 4.98 Å². The Morgan fingerprint density at radius 2 is 1.85 bits per heavy atom. The molecule has 0 radical (unpaired) electrons. The first-order chi connectivity index (χ1) is 9.76.